The number of anilines is 1. The number of amides is 1. The molecule has 31 heavy (non-hydrogen) atoms. The first-order valence-corrected chi connectivity index (χ1v) is 10.5. The molecule has 1 saturated heterocycles. The normalized spacial score (nSPS) is 17.5. The first kappa shape index (κ1) is 19.1. The van der Waals surface area contributed by atoms with Crippen LogP contribution in [0.4, 0.5) is 5.69 Å². The summed E-state index contributed by atoms with van der Waals surface area (Å²) >= 11 is 0. The molecule has 0 radical (unpaired) electrons. The van der Waals surface area contributed by atoms with Gasteiger partial charge in [-0.05, 0) is 28.8 Å². The molecule has 0 saturated carbocycles. The van der Waals surface area contributed by atoms with Gasteiger partial charge in [-0.1, -0.05) is 121 Å². The van der Waals surface area contributed by atoms with Crippen molar-refractivity contribution in [3.63, 3.8) is 0 Å². The third-order valence-corrected chi connectivity index (χ3v) is 6.04. The van der Waals surface area contributed by atoms with Crippen LogP contribution < -0.4 is 4.90 Å². The summed E-state index contributed by atoms with van der Waals surface area (Å²) in [4.78, 5) is 15.9. The zero-order valence-electron chi connectivity index (χ0n) is 17.1. The molecule has 0 aliphatic carbocycles. The minimum absolute atomic E-state index is 0.0961. The van der Waals surface area contributed by atoms with E-state index >= 15 is 0 Å². The molecule has 1 aliphatic heterocycles. The highest BCUT2D eigenvalue weighted by Crippen LogP contribution is 2.50. The highest BCUT2D eigenvalue weighted by molar-refractivity contribution is 6.13. The van der Waals surface area contributed by atoms with E-state index in [-0.39, 0.29) is 11.9 Å². The first-order chi connectivity index (χ1) is 15.3. The molecular weight excluding hydrogens is 378 g/mol. The minimum atomic E-state index is -0.760. The standard InChI is InChI=1S/C29H23NO/c31-28-29(24-15-7-2-8-16-24,25-17-9-3-10-18-25)27(22-21-23-13-5-1-6-14-23)30(28)26-19-11-4-12-20-26/h1-22,27H. The molecule has 1 amide bonds. The molecule has 5 rings (SSSR count). The third-order valence-electron chi connectivity index (χ3n) is 6.04. The van der Waals surface area contributed by atoms with Crippen LogP contribution in [0.25, 0.3) is 6.08 Å². The van der Waals surface area contributed by atoms with E-state index in [9.17, 15) is 4.79 Å². The van der Waals surface area contributed by atoms with Gasteiger partial charge in [-0.25, -0.2) is 0 Å². The van der Waals surface area contributed by atoms with E-state index in [4.69, 9.17) is 0 Å². The summed E-state index contributed by atoms with van der Waals surface area (Å²) in [6.07, 6.45) is 4.29. The van der Waals surface area contributed by atoms with Gasteiger partial charge in [-0.15, -0.1) is 0 Å². The quantitative estimate of drug-likeness (QED) is 0.370. The van der Waals surface area contributed by atoms with Crippen molar-refractivity contribution in [2.45, 2.75) is 11.5 Å². The predicted molar refractivity (Wildman–Crippen MR) is 127 cm³/mol. The topological polar surface area (TPSA) is 20.3 Å². The second-order valence-corrected chi connectivity index (χ2v) is 7.77. The lowest BCUT2D eigenvalue weighted by Gasteiger charge is -2.55. The molecule has 2 heteroatoms. The number of carbonyl (C=O) groups is 1. The molecule has 0 bridgehead atoms. The van der Waals surface area contributed by atoms with Crippen molar-refractivity contribution < 1.29 is 4.79 Å². The van der Waals surface area contributed by atoms with Gasteiger partial charge < -0.3 is 4.90 Å². The van der Waals surface area contributed by atoms with Crippen LogP contribution >= 0.6 is 0 Å². The lowest BCUT2D eigenvalue weighted by molar-refractivity contribution is -0.129. The smallest absolute Gasteiger partial charge is 0.245 e. The third kappa shape index (κ3) is 3.17. The van der Waals surface area contributed by atoms with Gasteiger partial charge in [0.2, 0.25) is 5.91 Å². The van der Waals surface area contributed by atoms with E-state index in [0.717, 1.165) is 22.4 Å². The van der Waals surface area contributed by atoms with Crippen LogP contribution in [0.2, 0.25) is 0 Å². The summed E-state index contributed by atoms with van der Waals surface area (Å²) in [5.74, 6) is 0.0961. The highest BCUT2D eigenvalue weighted by atomic mass is 16.2. The largest absolute Gasteiger partial charge is 0.303 e. The van der Waals surface area contributed by atoms with Gasteiger partial charge in [0.1, 0.15) is 5.41 Å². The number of hydrogen-bond acceptors (Lipinski definition) is 1. The van der Waals surface area contributed by atoms with Crippen LogP contribution in [0.1, 0.15) is 16.7 Å². The van der Waals surface area contributed by atoms with Crippen molar-refractivity contribution in [3.05, 3.63) is 144 Å². The molecular formula is C29H23NO. The van der Waals surface area contributed by atoms with Gasteiger partial charge in [0.15, 0.2) is 0 Å². The van der Waals surface area contributed by atoms with Crippen molar-refractivity contribution in [2.75, 3.05) is 4.90 Å². The van der Waals surface area contributed by atoms with E-state index in [0.29, 0.717) is 0 Å². The Morgan fingerprint density at radius 1 is 0.613 bits per heavy atom. The summed E-state index contributed by atoms with van der Waals surface area (Å²) in [5, 5.41) is 0. The number of carbonyl (C=O) groups excluding carboxylic acids is 1. The number of rotatable bonds is 5. The van der Waals surface area contributed by atoms with Crippen LogP contribution in [0.3, 0.4) is 0 Å². The Balaban J connectivity index is 1.70. The fourth-order valence-corrected chi connectivity index (χ4v) is 4.59. The first-order valence-electron chi connectivity index (χ1n) is 10.5. The fraction of sp³-hybridized carbons (Fsp3) is 0.0690. The van der Waals surface area contributed by atoms with E-state index < -0.39 is 5.41 Å². The number of β-lactam (4-membered cyclic amide) rings is 1. The van der Waals surface area contributed by atoms with Crippen LogP contribution in [-0.2, 0) is 10.2 Å². The lowest BCUT2D eigenvalue weighted by Crippen LogP contribution is -2.71. The van der Waals surface area contributed by atoms with Gasteiger partial charge in [-0.3, -0.25) is 4.79 Å². The van der Waals surface area contributed by atoms with E-state index in [1.54, 1.807) is 0 Å². The maximum atomic E-state index is 14.0. The van der Waals surface area contributed by atoms with Crippen LogP contribution in [-0.4, -0.2) is 11.9 Å². The maximum absolute atomic E-state index is 14.0. The Hall–Kier alpha value is -3.91. The zero-order chi connectivity index (χ0) is 21.1. The van der Waals surface area contributed by atoms with E-state index in [1.807, 2.05) is 89.8 Å². The van der Waals surface area contributed by atoms with Crippen molar-refractivity contribution >= 4 is 17.7 Å². The van der Waals surface area contributed by atoms with Crippen molar-refractivity contribution in [1.29, 1.82) is 0 Å². The Bertz CT molecular complexity index is 1150. The van der Waals surface area contributed by atoms with Crippen LogP contribution in [0.5, 0.6) is 0 Å². The molecule has 1 fully saturated rings. The second-order valence-electron chi connectivity index (χ2n) is 7.77. The monoisotopic (exact) mass is 401 g/mol. The minimum Gasteiger partial charge on any atom is -0.303 e. The molecule has 150 valence electrons. The summed E-state index contributed by atoms with van der Waals surface area (Å²) in [6.45, 7) is 0. The summed E-state index contributed by atoms with van der Waals surface area (Å²) < 4.78 is 0. The van der Waals surface area contributed by atoms with Crippen molar-refractivity contribution in [1.82, 2.24) is 0 Å². The molecule has 0 spiro atoms. The van der Waals surface area contributed by atoms with Crippen molar-refractivity contribution in [3.8, 4) is 0 Å². The average Bonchev–Trinajstić information content (AvgIpc) is 2.84. The molecule has 1 heterocycles. The van der Waals surface area contributed by atoms with E-state index in [2.05, 4.69) is 48.6 Å². The second kappa shape index (κ2) is 8.08. The number of hydrogen-bond donors (Lipinski definition) is 0. The molecule has 1 atom stereocenters. The predicted octanol–water partition coefficient (Wildman–Crippen LogP) is 6.10. The average molecular weight is 402 g/mol. The zero-order valence-corrected chi connectivity index (χ0v) is 17.1. The fourth-order valence-electron chi connectivity index (χ4n) is 4.59. The van der Waals surface area contributed by atoms with Gasteiger partial charge in [0.05, 0.1) is 6.04 Å². The molecule has 2 nitrogen and oxygen atoms in total. The summed E-state index contributed by atoms with van der Waals surface area (Å²) in [7, 11) is 0. The van der Waals surface area contributed by atoms with E-state index in [1.165, 1.54) is 0 Å². The molecule has 4 aromatic carbocycles. The Kier molecular flexibility index (Phi) is 4.97. The molecule has 4 aromatic rings. The Morgan fingerprint density at radius 2 is 1.06 bits per heavy atom. The number of benzene rings is 4. The summed E-state index contributed by atoms with van der Waals surface area (Å²) in [6, 6.07) is 40.3. The molecule has 1 unspecified atom stereocenters. The number of para-hydroxylation sites is 1. The Morgan fingerprint density at radius 3 is 1.58 bits per heavy atom. The highest BCUT2D eigenvalue weighted by Gasteiger charge is 2.61. The molecule has 0 N–H and O–H groups in total. The molecule has 0 aromatic heterocycles. The maximum Gasteiger partial charge on any atom is 0.245 e. The number of nitrogens with zero attached hydrogens (tertiary/aromatic N) is 1. The van der Waals surface area contributed by atoms with Crippen molar-refractivity contribution in [2.24, 2.45) is 0 Å². The van der Waals surface area contributed by atoms with Gasteiger partial charge in [0.25, 0.3) is 0 Å². The van der Waals surface area contributed by atoms with Crippen LogP contribution in [0, 0.1) is 0 Å². The van der Waals surface area contributed by atoms with Gasteiger partial charge in [-0.2, -0.15) is 0 Å². The SMILES string of the molecule is O=C1N(c2ccccc2)C(C=Cc2ccccc2)C1(c1ccccc1)c1ccccc1. The molecule has 1 aliphatic rings. The Labute approximate surface area is 183 Å². The van der Waals surface area contributed by atoms with Gasteiger partial charge >= 0.3 is 0 Å². The lowest BCUT2D eigenvalue weighted by atomic mass is 9.61. The van der Waals surface area contributed by atoms with Gasteiger partial charge in [0, 0.05) is 5.69 Å². The van der Waals surface area contributed by atoms with Crippen LogP contribution in [0.15, 0.2) is 127 Å². The summed E-state index contributed by atoms with van der Waals surface area (Å²) in [5.41, 5.74) is 3.30.